The Morgan fingerprint density at radius 1 is 0.857 bits per heavy atom. The Balaban J connectivity index is 2.99. The van der Waals surface area contributed by atoms with Gasteiger partial charge in [0, 0.05) is 13.3 Å². The van der Waals surface area contributed by atoms with Crippen LogP contribution in [0.4, 0.5) is 0 Å². The third-order valence-electron chi connectivity index (χ3n) is 0.655. The monoisotopic (exact) mass is 436 g/mol. The first-order valence-electron chi connectivity index (χ1n) is 2.03. The molecule has 0 fully saturated rings. The highest BCUT2D eigenvalue weighted by Gasteiger charge is 1.99. The second kappa shape index (κ2) is 6.31. The van der Waals surface area contributed by atoms with E-state index >= 15 is 0 Å². The van der Waals surface area contributed by atoms with Gasteiger partial charge in [-0.3, -0.25) is 0 Å². The molecule has 0 radical (unpaired) electrons. The fraction of sp³-hybridized carbons (Fsp3) is 1.00. The van der Waals surface area contributed by atoms with Crippen molar-refractivity contribution in [1.82, 2.24) is 0 Å². The minimum Gasteiger partial charge on any atom is -0.0860 e. The maximum atomic E-state index is 2.44. The van der Waals surface area contributed by atoms with E-state index in [0.717, 1.165) is 5.92 Å². The lowest BCUT2D eigenvalue weighted by Gasteiger charge is -2.01. The molecule has 0 nitrogen and oxygen atoms in total. The largest absolute Gasteiger partial charge is 0.0860 e. The lowest BCUT2D eigenvalue weighted by Crippen LogP contribution is -2.03. The normalized spacial score (nSPS) is 10.3. The lowest BCUT2D eigenvalue weighted by atomic mass is 10.3. The van der Waals surface area contributed by atoms with Crippen molar-refractivity contribution in [2.24, 2.45) is 5.92 Å². The van der Waals surface area contributed by atoms with E-state index in [1.165, 1.54) is 13.3 Å². The molecule has 7 heavy (non-hydrogen) atoms. The van der Waals surface area contributed by atoms with Crippen LogP contribution in [0.25, 0.3) is 0 Å². The summed E-state index contributed by atoms with van der Waals surface area (Å²) in [5.41, 5.74) is 0. The molecule has 0 saturated carbocycles. The van der Waals surface area contributed by atoms with Crippen LogP contribution in [-0.2, 0) is 0 Å². The van der Waals surface area contributed by atoms with Gasteiger partial charge in [-0.25, -0.2) is 0 Å². The highest BCUT2D eigenvalue weighted by Crippen LogP contribution is 2.08. The molecule has 0 aliphatic rings. The van der Waals surface area contributed by atoms with E-state index in [-0.39, 0.29) is 0 Å². The van der Waals surface area contributed by atoms with Gasteiger partial charge in [0.25, 0.3) is 0 Å². The summed E-state index contributed by atoms with van der Waals surface area (Å²) in [6.07, 6.45) is 0. The third kappa shape index (κ3) is 4.68. The second-order valence-corrected chi connectivity index (χ2v) is 3.97. The Bertz CT molecular complexity index is 28.4. The topological polar surface area (TPSA) is 0 Å². The summed E-state index contributed by atoms with van der Waals surface area (Å²) in [6.45, 7) is 0. The fourth-order valence-corrected chi connectivity index (χ4v) is 5.57. The summed E-state index contributed by atoms with van der Waals surface area (Å²) in [6, 6.07) is 0. The molecular weight excluding hydrogens is 429 g/mol. The van der Waals surface area contributed by atoms with Crippen molar-refractivity contribution < 1.29 is 0 Å². The van der Waals surface area contributed by atoms with Gasteiger partial charge < -0.3 is 0 Å². The van der Waals surface area contributed by atoms with Crippen molar-refractivity contribution in [2.45, 2.75) is 0 Å². The molecular formula is C4H7I3. The van der Waals surface area contributed by atoms with E-state index < -0.39 is 0 Å². The number of hydrogen-bond acceptors (Lipinski definition) is 0. The Hall–Kier alpha value is 2.19. The number of hydrogen-bond donors (Lipinski definition) is 0. The van der Waals surface area contributed by atoms with E-state index in [1.54, 1.807) is 0 Å². The van der Waals surface area contributed by atoms with Crippen molar-refractivity contribution in [2.75, 3.05) is 13.3 Å². The molecule has 0 N–H and O–H groups in total. The maximum absolute atomic E-state index is 2.44. The van der Waals surface area contributed by atoms with Gasteiger partial charge in [-0.05, 0) is 5.92 Å². The second-order valence-electron chi connectivity index (χ2n) is 1.33. The molecule has 44 valence electrons. The average Bonchev–Trinajstić information content (AvgIpc) is 1.72. The van der Waals surface area contributed by atoms with Gasteiger partial charge in [-0.15, -0.1) is 0 Å². The van der Waals surface area contributed by atoms with Crippen LogP contribution in [0.5, 0.6) is 0 Å². The van der Waals surface area contributed by atoms with E-state index in [0.29, 0.717) is 0 Å². The summed E-state index contributed by atoms with van der Waals surface area (Å²) in [7, 11) is 0. The number of rotatable bonds is 3. The molecule has 0 bridgehead atoms. The smallest absolute Gasteiger partial charge is 0.00383 e. The van der Waals surface area contributed by atoms with Crippen LogP contribution in [0.1, 0.15) is 0 Å². The summed E-state index contributed by atoms with van der Waals surface area (Å²) in [4.78, 5) is 0. The van der Waals surface area contributed by atoms with Crippen molar-refractivity contribution in [3.05, 3.63) is 0 Å². The quantitative estimate of drug-likeness (QED) is 0.472. The lowest BCUT2D eigenvalue weighted by molar-refractivity contribution is 0.820. The molecule has 0 saturated heterocycles. The Morgan fingerprint density at radius 3 is 1.14 bits per heavy atom. The molecule has 0 aromatic carbocycles. The standard InChI is InChI=1S/C4H7I3/c5-1-4(2-6)3-7/h4H,1-3H2. The SMILES string of the molecule is ICC(CI)CI. The van der Waals surface area contributed by atoms with Crippen molar-refractivity contribution in [1.29, 1.82) is 0 Å². The molecule has 0 rings (SSSR count). The summed E-state index contributed by atoms with van der Waals surface area (Å²) >= 11 is 7.32. The first kappa shape index (κ1) is 9.19. The van der Waals surface area contributed by atoms with Gasteiger partial charge in [0.1, 0.15) is 0 Å². The molecule has 3 heteroatoms. The first-order chi connectivity index (χ1) is 3.35. The zero-order chi connectivity index (χ0) is 5.70. The van der Waals surface area contributed by atoms with Crippen molar-refractivity contribution >= 4 is 67.8 Å². The minimum atomic E-state index is 0.946. The van der Waals surface area contributed by atoms with Gasteiger partial charge in [0.15, 0.2) is 0 Å². The fourth-order valence-electron chi connectivity index (χ4n) is 0.124. The van der Waals surface area contributed by atoms with Gasteiger partial charge in [-0.1, -0.05) is 67.8 Å². The molecule has 0 spiro atoms. The maximum Gasteiger partial charge on any atom is 0.00383 e. The highest BCUT2D eigenvalue weighted by molar-refractivity contribution is 14.1. The number of alkyl halides is 3. The van der Waals surface area contributed by atoms with Crippen molar-refractivity contribution in [3.8, 4) is 0 Å². The third-order valence-corrected chi connectivity index (χ3v) is 4.39. The Morgan fingerprint density at radius 2 is 1.14 bits per heavy atom. The van der Waals surface area contributed by atoms with Gasteiger partial charge >= 0.3 is 0 Å². The van der Waals surface area contributed by atoms with Crippen molar-refractivity contribution in [3.63, 3.8) is 0 Å². The Kier molecular flexibility index (Phi) is 8.29. The molecule has 0 aromatic heterocycles. The number of halogens is 3. The summed E-state index contributed by atoms with van der Waals surface area (Å²) in [5, 5.41) is 0. The summed E-state index contributed by atoms with van der Waals surface area (Å²) in [5.74, 6) is 0.946. The van der Waals surface area contributed by atoms with E-state index in [2.05, 4.69) is 67.8 Å². The molecule has 0 aliphatic heterocycles. The van der Waals surface area contributed by atoms with Crippen LogP contribution in [0.2, 0.25) is 0 Å². The van der Waals surface area contributed by atoms with Crippen LogP contribution in [-0.4, -0.2) is 13.3 Å². The molecule has 0 aromatic rings. The molecule has 0 heterocycles. The summed E-state index contributed by atoms with van der Waals surface area (Å²) < 4.78 is 3.93. The van der Waals surface area contributed by atoms with E-state index in [9.17, 15) is 0 Å². The van der Waals surface area contributed by atoms with Crippen LogP contribution >= 0.6 is 67.8 Å². The van der Waals surface area contributed by atoms with Crippen LogP contribution < -0.4 is 0 Å². The predicted molar refractivity (Wildman–Crippen MR) is 60.2 cm³/mol. The Labute approximate surface area is 85.6 Å². The zero-order valence-electron chi connectivity index (χ0n) is 3.83. The average molecular weight is 436 g/mol. The molecule has 0 amide bonds. The van der Waals surface area contributed by atoms with Gasteiger partial charge in [-0.2, -0.15) is 0 Å². The highest BCUT2D eigenvalue weighted by atomic mass is 127. The van der Waals surface area contributed by atoms with E-state index in [4.69, 9.17) is 0 Å². The molecule has 0 aliphatic carbocycles. The van der Waals surface area contributed by atoms with Crippen LogP contribution in [0.15, 0.2) is 0 Å². The molecule has 0 atom stereocenters. The van der Waals surface area contributed by atoms with E-state index in [1.807, 2.05) is 0 Å². The van der Waals surface area contributed by atoms with Crippen LogP contribution in [0, 0.1) is 5.92 Å². The first-order valence-corrected chi connectivity index (χ1v) is 6.60. The van der Waals surface area contributed by atoms with Gasteiger partial charge in [0.05, 0.1) is 0 Å². The minimum absolute atomic E-state index is 0.946. The zero-order valence-corrected chi connectivity index (χ0v) is 10.3. The molecule has 0 unspecified atom stereocenters. The van der Waals surface area contributed by atoms with Gasteiger partial charge in [0.2, 0.25) is 0 Å². The predicted octanol–water partition coefficient (Wildman–Crippen LogP) is 2.91. The van der Waals surface area contributed by atoms with Crippen LogP contribution in [0.3, 0.4) is 0 Å².